The zero-order valence-electron chi connectivity index (χ0n) is 12.3. The average molecular weight is 278 g/mol. The maximum atomic E-state index is 12.9. The molecule has 0 aliphatic heterocycles. The third kappa shape index (κ3) is 4.60. The first-order chi connectivity index (χ1) is 8.34. The summed E-state index contributed by atoms with van der Waals surface area (Å²) in [5, 5.41) is 0. The van der Waals surface area contributed by atoms with Crippen molar-refractivity contribution in [3.63, 3.8) is 0 Å². The third-order valence-corrected chi connectivity index (χ3v) is 2.96. The lowest BCUT2D eigenvalue weighted by molar-refractivity contribution is -0.129. The molecule has 1 aliphatic carbocycles. The van der Waals surface area contributed by atoms with Crippen molar-refractivity contribution in [3.8, 4) is 0 Å². The fraction of sp³-hybridized carbons (Fsp3) is 0.923. The molecule has 0 heterocycles. The topological polar surface area (TPSA) is 55.6 Å². The highest BCUT2D eigenvalue weighted by Gasteiger charge is 2.55. The molecule has 0 spiro atoms. The van der Waals surface area contributed by atoms with Crippen LogP contribution in [0.25, 0.3) is 0 Å². The van der Waals surface area contributed by atoms with E-state index in [0.29, 0.717) is 0 Å². The van der Waals surface area contributed by atoms with Gasteiger partial charge in [-0.25, -0.2) is 13.6 Å². The third-order valence-electron chi connectivity index (χ3n) is 2.96. The minimum atomic E-state index is -2.70. The summed E-state index contributed by atoms with van der Waals surface area (Å²) in [5.41, 5.74) is 4.26. The molecule has 1 aliphatic rings. The minimum Gasteiger partial charge on any atom is -0.444 e. The van der Waals surface area contributed by atoms with Gasteiger partial charge in [-0.3, -0.25) is 0 Å². The second kappa shape index (κ2) is 4.89. The Kier molecular flexibility index (Phi) is 4.15. The highest BCUT2D eigenvalue weighted by molar-refractivity contribution is 5.68. The highest BCUT2D eigenvalue weighted by Crippen LogP contribution is 2.44. The summed E-state index contributed by atoms with van der Waals surface area (Å²) in [4.78, 5) is 13.5. The second-order valence-electron chi connectivity index (χ2n) is 6.77. The van der Waals surface area contributed by atoms with E-state index in [1.54, 1.807) is 20.8 Å². The Labute approximate surface area is 113 Å². The Bertz CT molecular complexity index is 343. The van der Waals surface area contributed by atoms with E-state index in [4.69, 9.17) is 10.5 Å². The molecular formula is C13H24F2N2O2. The first-order valence-electron chi connectivity index (χ1n) is 6.50. The van der Waals surface area contributed by atoms with Crippen molar-refractivity contribution in [1.29, 1.82) is 0 Å². The van der Waals surface area contributed by atoms with Crippen molar-refractivity contribution in [2.24, 2.45) is 5.73 Å². The number of carbonyl (C=O) groups is 1. The molecule has 0 unspecified atom stereocenters. The van der Waals surface area contributed by atoms with Crippen LogP contribution in [0.2, 0.25) is 0 Å². The predicted molar refractivity (Wildman–Crippen MR) is 69.2 cm³/mol. The molecule has 112 valence electrons. The summed E-state index contributed by atoms with van der Waals surface area (Å²) < 4.78 is 31.2. The van der Waals surface area contributed by atoms with Crippen LogP contribution in [-0.4, -0.2) is 40.6 Å². The summed E-state index contributed by atoms with van der Waals surface area (Å²) in [5.74, 6) is -2.70. The maximum absolute atomic E-state index is 12.9. The molecule has 19 heavy (non-hydrogen) atoms. The molecule has 0 bridgehead atoms. The molecule has 0 aromatic heterocycles. The smallest absolute Gasteiger partial charge is 0.410 e. The Balaban J connectivity index is 2.67. The molecule has 2 N–H and O–H groups in total. The van der Waals surface area contributed by atoms with Gasteiger partial charge in [0.2, 0.25) is 0 Å². The van der Waals surface area contributed by atoms with Crippen molar-refractivity contribution >= 4 is 6.09 Å². The van der Waals surface area contributed by atoms with E-state index in [0.717, 1.165) is 0 Å². The number of alkyl halides is 2. The van der Waals surface area contributed by atoms with Crippen molar-refractivity contribution < 1.29 is 18.3 Å². The van der Waals surface area contributed by atoms with Crippen molar-refractivity contribution in [3.05, 3.63) is 0 Å². The van der Waals surface area contributed by atoms with Gasteiger partial charge in [0.1, 0.15) is 5.60 Å². The van der Waals surface area contributed by atoms with E-state index in [2.05, 4.69) is 0 Å². The first kappa shape index (κ1) is 16.1. The van der Waals surface area contributed by atoms with Crippen molar-refractivity contribution in [2.45, 2.75) is 70.6 Å². The normalized spacial score (nSPS) is 20.9. The highest BCUT2D eigenvalue weighted by atomic mass is 19.3. The molecule has 6 heteroatoms. The Morgan fingerprint density at radius 1 is 1.37 bits per heavy atom. The van der Waals surface area contributed by atoms with Crippen molar-refractivity contribution in [1.82, 2.24) is 4.90 Å². The Morgan fingerprint density at radius 2 is 1.84 bits per heavy atom. The molecule has 0 atom stereocenters. The first-order valence-corrected chi connectivity index (χ1v) is 6.50. The van der Waals surface area contributed by atoms with Crippen LogP contribution in [0, 0.1) is 0 Å². The minimum absolute atomic E-state index is 0.0924. The number of halogens is 2. The number of rotatable bonds is 3. The number of nitrogens with zero attached hydrogens (tertiary/aromatic N) is 1. The Morgan fingerprint density at radius 3 is 2.16 bits per heavy atom. The molecule has 0 saturated heterocycles. The second-order valence-corrected chi connectivity index (χ2v) is 6.77. The van der Waals surface area contributed by atoms with Gasteiger partial charge in [0.05, 0.1) is 0 Å². The molecule has 0 aromatic rings. The van der Waals surface area contributed by atoms with E-state index in [1.807, 2.05) is 13.8 Å². The molecule has 0 aromatic carbocycles. The van der Waals surface area contributed by atoms with Gasteiger partial charge >= 0.3 is 6.09 Å². The Hall–Kier alpha value is -0.910. The van der Waals surface area contributed by atoms with Crippen molar-refractivity contribution in [2.75, 3.05) is 6.54 Å². The predicted octanol–water partition coefficient (Wildman–Crippen LogP) is 2.76. The van der Waals surface area contributed by atoms with Gasteiger partial charge < -0.3 is 15.4 Å². The van der Waals surface area contributed by atoms with Gasteiger partial charge in [-0.2, -0.15) is 0 Å². The van der Waals surface area contributed by atoms with Crippen LogP contribution >= 0.6 is 0 Å². The van der Waals surface area contributed by atoms with Gasteiger partial charge in [0.15, 0.2) is 0 Å². The van der Waals surface area contributed by atoms with E-state index in [-0.39, 0.29) is 25.4 Å². The summed E-state index contributed by atoms with van der Waals surface area (Å²) in [6.45, 7) is 9.00. The number of ether oxygens (including phenoxy) is 1. The van der Waals surface area contributed by atoms with Crippen LogP contribution in [0.15, 0.2) is 0 Å². The van der Waals surface area contributed by atoms with Gasteiger partial charge in [0.25, 0.3) is 5.92 Å². The molecule has 1 fully saturated rings. The van der Waals surface area contributed by atoms with Gasteiger partial charge in [-0.15, -0.1) is 0 Å². The molecule has 1 rings (SSSR count). The van der Waals surface area contributed by atoms with Crippen LogP contribution in [0.4, 0.5) is 13.6 Å². The fourth-order valence-corrected chi connectivity index (χ4v) is 2.21. The summed E-state index contributed by atoms with van der Waals surface area (Å²) in [6.07, 6.45) is -1.28. The lowest BCUT2D eigenvalue weighted by Crippen LogP contribution is -2.65. The van der Waals surface area contributed by atoms with Gasteiger partial charge in [0, 0.05) is 31.0 Å². The fourth-order valence-electron chi connectivity index (χ4n) is 2.21. The number of carbonyl (C=O) groups excluding carboxylic acids is 1. The SMILES string of the molecule is CC(C)N(CC1(N)CC(F)(F)C1)C(=O)OC(C)(C)C. The zero-order valence-corrected chi connectivity index (χ0v) is 12.3. The average Bonchev–Trinajstić information content (AvgIpc) is 2.06. The van der Waals surface area contributed by atoms with Crippen LogP contribution in [0.1, 0.15) is 47.5 Å². The molecule has 0 radical (unpaired) electrons. The maximum Gasteiger partial charge on any atom is 0.410 e. The number of hydrogen-bond acceptors (Lipinski definition) is 3. The van der Waals surface area contributed by atoms with E-state index >= 15 is 0 Å². The lowest BCUT2D eigenvalue weighted by Gasteiger charge is -2.47. The molecule has 1 amide bonds. The van der Waals surface area contributed by atoms with Crippen LogP contribution in [-0.2, 0) is 4.74 Å². The summed E-state index contributed by atoms with van der Waals surface area (Å²) in [7, 11) is 0. The zero-order chi connectivity index (χ0) is 15.1. The van der Waals surface area contributed by atoms with Crippen LogP contribution in [0.3, 0.4) is 0 Å². The quantitative estimate of drug-likeness (QED) is 0.863. The van der Waals surface area contributed by atoms with Crippen LogP contribution in [0.5, 0.6) is 0 Å². The van der Waals surface area contributed by atoms with E-state index in [9.17, 15) is 13.6 Å². The number of amides is 1. The largest absolute Gasteiger partial charge is 0.444 e. The number of hydrogen-bond donors (Lipinski definition) is 1. The number of nitrogens with two attached hydrogens (primary N) is 1. The van der Waals surface area contributed by atoms with Gasteiger partial charge in [-0.05, 0) is 34.6 Å². The molecule has 4 nitrogen and oxygen atoms in total. The van der Waals surface area contributed by atoms with Gasteiger partial charge in [-0.1, -0.05) is 0 Å². The van der Waals surface area contributed by atoms with E-state index < -0.39 is 23.2 Å². The summed E-state index contributed by atoms with van der Waals surface area (Å²) >= 11 is 0. The molecular weight excluding hydrogens is 254 g/mol. The standard InChI is InChI=1S/C13H24F2N2O2/c1-9(2)17(10(18)19-11(3,4)5)8-12(16)6-13(14,15)7-12/h9H,6-8,16H2,1-5H3. The monoisotopic (exact) mass is 278 g/mol. The molecule has 1 saturated carbocycles. The lowest BCUT2D eigenvalue weighted by atomic mass is 9.74. The van der Waals surface area contributed by atoms with E-state index in [1.165, 1.54) is 4.90 Å². The summed E-state index contributed by atoms with van der Waals surface area (Å²) in [6, 6.07) is -0.149. The van der Waals surface area contributed by atoms with Crippen LogP contribution < -0.4 is 5.73 Å².